The second-order valence-electron chi connectivity index (χ2n) is 9.46. The van der Waals surface area contributed by atoms with Gasteiger partial charge in [-0.25, -0.2) is 5.01 Å². The lowest BCUT2D eigenvalue weighted by Gasteiger charge is -2.30. The van der Waals surface area contributed by atoms with Crippen molar-refractivity contribution in [3.8, 4) is 0 Å². The number of thiocarbonyl (C=S) groups is 1. The van der Waals surface area contributed by atoms with Crippen LogP contribution in [0.4, 0.5) is 11.4 Å². The van der Waals surface area contributed by atoms with E-state index >= 15 is 0 Å². The number of halogens is 1. The molecule has 6 rings (SSSR count). The molecule has 0 saturated carbocycles. The largest absolute Gasteiger partial charge is 0.399 e. The van der Waals surface area contributed by atoms with Crippen LogP contribution < -0.4 is 21.6 Å². The maximum absolute atomic E-state index is 6.61. The number of nitrogen functional groups attached to an aromatic ring is 1. The highest BCUT2D eigenvalue weighted by molar-refractivity contribution is 7.82. The molecule has 0 amide bonds. The number of hydrogen-bond acceptors (Lipinski definition) is 5. The number of anilines is 2. The Bertz CT molecular complexity index is 1480. The summed E-state index contributed by atoms with van der Waals surface area (Å²) in [6.07, 6.45) is 0.676. The van der Waals surface area contributed by atoms with E-state index in [9.17, 15) is 0 Å². The van der Waals surface area contributed by atoms with E-state index < -0.39 is 0 Å². The summed E-state index contributed by atoms with van der Waals surface area (Å²) in [5.74, 6) is 0. The van der Waals surface area contributed by atoms with E-state index in [4.69, 9.17) is 34.7 Å². The number of hydrazone groups is 1. The molecule has 2 heterocycles. The van der Waals surface area contributed by atoms with Crippen LogP contribution in [0.1, 0.15) is 29.2 Å². The topological polar surface area (TPSA) is 56.9 Å². The summed E-state index contributed by atoms with van der Waals surface area (Å²) in [4.78, 5) is 0.632. The highest BCUT2D eigenvalue weighted by Crippen LogP contribution is 2.39. The van der Waals surface area contributed by atoms with Crippen LogP contribution >= 0.6 is 23.8 Å². The van der Waals surface area contributed by atoms with Crippen LogP contribution in [-0.4, -0.2) is 23.6 Å². The molecule has 4 aromatic rings. The van der Waals surface area contributed by atoms with Gasteiger partial charge >= 0.3 is 0 Å². The predicted molar refractivity (Wildman–Crippen MR) is 157 cm³/mol. The van der Waals surface area contributed by atoms with Gasteiger partial charge in [0.05, 0.1) is 22.5 Å². The van der Waals surface area contributed by atoms with Crippen molar-refractivity contribution >= 4 is 70.0 Å². The molecule has 5 nitrogen and oxygen atoms in total. The summed E-state index contributed by atoms with van der Waals surface area (Å²) < 4.78 is 0. The van der Waals surface area contributed by atoms with Crippen molar-refractivity contribution in [3.63, 3.8) is 0 Å². The fourth-order valence-electron chi connectivity index (χ4n) is 5.15. The summed E-state index contributed by atoms with van der Waals surface area (Å²) in [7, 11) is 2.09. The van der Waals surface area contributed by atoms with Crippen molar-refractivity contribution in [2.24, 2.45) is 5.10 Å². The van der Waals surface area contributed by atoms with Gasteiger partial charge in [-0.3, -0.25) is 5.01 Å². The van der Waals surface area contributed by atoms with Crippen molar-refractivity contribution in [2.45, 2.75) is 25.6 Å². The van der Waals surface area contributed by atoms with E-state index in [-0.39, 0.29) is 6.04 Å². The van der Waals surface area contributed by atoms with Crippen LogP contribution in [0.5, 0.6) is 0 Å². The highest BCUT2D eigenvalue weighted by Gasteiger charge is 2.33. The fraction of sp³-hybridized carbons (Fsp3) is 0.143. The van der Waals surface area contributed by atoms with Crippen molar-refractivity contribution in [2.75, 3.05) is 10.7 Å². The summed E-state index contributed by atoms with van der Waals surface area (Å²) in [5.41, 5.74) is 16.7. The van der Waals surface area contributed by atoms with Crippen LogP contribution in [0.15, 0.2) is 84.0 Å². The van der Waals surface area contributed by atoms with Gasteiger partial charge in [-0.1, -0.05) is 89.9 Å². The number of benzene rings is 4. The zero-order chi connectivity index (χ0) is 24.8. The van der Waals surface area contributed by atoms with Crippen LogP contribution in [0.2, 0.25) is 5.02 Å². The molecule has 0 radical (unpaired) electrons. The summed E-state index contributed by atoms with van der Waals surface area (Å²) in [6.45, 7) is 1.55. The Kier molecular flexibility index (Phi) is 5.92. The van der Waals surface area contributed by atoms with Gasteiger partial charge in [0.1, 0.15) is 12.8 Å². The smallest absolute Gasteiger partial charge is 0.139 e. The van der Waals surface area contributed by atoms with Gasteiger partial charge in [0.15, 0.2) is 0 Å². The minimum atomic E-state index is -0.0164. The molecule has 0 bridgehead atoms. The van der Waals surface area contributed by atoms with E-state index in [1.165, 1.54) is 27.4 Å². The lowest BCUT2D eigenvalue weighted by atomic mass is 9.92. The first-order chi connectivity index (χ1) is 17.5. The first kappa shape index (κ1) is 23.0. The second-order valence-corrected chi connectivity index (χ2v) is 10.3. The molecule has 0 aromatic heterocycles. The second kappa shape index (κ2) is 9.24. The minimum absolute atomic E-state index is 0.0164. The molecule has 1 unspecified atom stereocenters. The summed E-state index contributed by atoms with van der Waals surface area (Å²) in [6, 6.07) is 27.0. The quantitative estimate of drug-likeness (QED) is 0.241. The Labute approximate surface area is 221 Å². The Hall–Kier alpha value is -3.39. The molecule has 2 aliphatic rings. The highest BCUT2D eigenvalue weighted by atomic mass is 35.5. The monoisotopic (exact) mass is 509 g/mol. The molecule has 0 spiro atoms. The van der Waals surface area contributed by atoms with Gasteiger partial charge < -0.3 is 11.2 Å². The fourth-order valence-corrected chi connectivity index (χ4v) is 5.68. The SMILES string of the molecule is Bc1ccc(C2CC(C(=S)NN3Cc4cccc5cccc(c45)C3)=NN2c2ccc(N)cc2Cl)cc1. The summed E-state index contributed by atoms with van der Waals surface area (Å²) >= 11 is 12.5. The Morgan fingerprint density at radius 2 is 1.69 bits per heavy atom. The molecule has 178 valence electrons. The molecule has 8 heteroatoms. The average molecular weight is 510 g/mol. The third-order valence-corrected chi connectivity index (χ3v) is 7.54. The molecule has 3 N–H and O–H groups in total. The number of hydrazine groups is 1. The predicted octanol–water partition coefficient (Wildman–Crippen LogP) is 4.49. The molecule has 1 atom stereocenters. The number of hydrogen-bond donors (Lipinski definition) is 2. The van der Waals surface area contributed by atoms with Crippen LogP contribution in [0, 0.1) is 0 Å². The molecule has 4 aromatic carbocycles. The average Bonchev–Trinajstić information content (AvgIpc) is 3.30. The van der Waals surface area contributed by atoms with Crippen molar-refractivity contribution < 1.29 is 0 Å². The van der Waals surface area contributed by atoms with Gasteiger partial charge in [-0.05, 0) is 45.7 Å². The van der Waals surface area contributed by atoms with E-state index in [0.29, 0.717) is 22.1 Å². The molecular formula is C28H25BClN5S. The normalized spacial score (nSPS) is 17.3. The van der Waals surface area contributed by atoms with Crippen molar-refractivity contribution in [3.05, 3.63) is 101 Å². The van der Waals surface area contributed by atoms with Gasteiger partial charge in [0.25, 0.3) is 0 Å². The number of nitrogens with zero attached hydrogens (tertiary/aromatic N) is 3. The standard InChI is InChI=1S/C28H25BClN5S/c29-21-9-7-17(8-10-21)26-14-24(32-35(26)25-12-11-22(31)13-23(25)30)28(36)33-34-15-19-5-1-3-18-4-2-6-20(16-34)27(18)19/h1-13,26H,14-16,29,31H2,(H,33,36). The molecule has 0 fully saturated rings. The van der Waals surface area contributed by atoms with Gasteiger partial charge in [0, 0.05) is 25.2 Å². The number of nitrogens with one attached hydrogen (secondary N) is 1. The van der Waals surface area contributed by atoms with Crippen molar-refractivity contribution in [1.29, 1.82) is 0 Å². The number of rotatable bonds is 4. The molecule has 2 aliphatic heterocycles. The van der Waals surface area contributed by atoms with Gasteiger partial charge in [-0.2, -0.15) is 5.10 Å². The lowest BCUT2D eigenvalue weighted by molar-refractivity contribution is 0.215. The molecule has 0 saturated heterocycles. The Balaban J connectivity index is 1.28. The van der Waals surface area contributed by atoms with Crippen LogP contribution in [-0.2, 0) is 13.1 Å². The van der Waals surface area contributed by atoms with Crippen LogP contribution in [0.25, 0.3) is 10.8 Å². The summed E-state index contributed by atoms with van der Waals surface area (Å²) in [5, 5.41) is 12.3. The van der Waals surface area contributed by atoms with Crippen molar-refractivity contribution in [1.82, 2.24) is 10.4 Å². The molecule has 0 aliphatic carbocycles. The van der Waals surface area contributed by atoms with E-state index in [1.54, 1.807) is 6.07 Å². The third-order valence-electron chi connectivity index (χ3n) is 6.91. The first-order valence-corrected chi connectivity index (χ1v) is 12.8. The van der Waals surface area contributed by atoms with E-state index in [1.807, 2.05) is 17.1 Å². The molecular weight excluding hydrogens is 485 g/mol. The first-order valence-electron chi connectivity index (χ1n) is 12.0. The molecule has 36 heavy (non-hydrogen) atoms. The zero-order valence-electron chi connectivity index (χ0n) is 19.9. The van der Waals surface area contributed by atoms with E-state index in [0.717, 1.165) is 30.1 Å². The zero-order valence-corrected chi connectivity index (χ0v) is 21.5. The Morgan fingerprint density at radius 3 is 2.36 bits per heavy atom. The minimum Gasteiger partial charge on any atom is -0.399 e. The van der Waals surface area contributed by atoms with E-state index in [2.05, 4.69) is 78.9 Å². The van der Waals surface area contributed by atoms with Crippen LogP contribution in [0.3, 0.4) is 0 Å². The number of nitrogens with two attached hydrogens (primary N) is 1. The lowest BCUT2D eigenvalue weighted by Crippen LogP contribution is -2.44. The third kappa shape index (κ3) is 4.24. The maximum Gasteiger partial charge on any atom is 0.139 e. The van der Waals surface area contributed by atoms with Gasteiger partial charge in [-0.15, -0.1) is 0 Å². The maximum atomic E-state index is 6.61. The van der Waals surface area contributed by atoms with Gasteiger partial charge in [0.2, 0.25) is 0 Å². The Morgan fingerprint density at radius 1 is 1.00 bits per heavy atom.